The van der Waals surface area contributed by atoms with E-state index in [2.05, 4.69) is 17.3 Å². The van der Waals surface area contributed by atoms with Gasteiger partial charge in [-0.1, -0.05) is 42.5 Å². The van der Waals surface area contributed by atoms with Gasteiger partial charge in [0, 0.05) is 38.1 Å². The molecule has 9 heteroatoms. The summed E-state index contributed by atoms with van der Waals surface area (Å²) in [6.45, 7) is 3.68. The molecule has 1 N–H and O–H groups in total. The summed E-state index contributed by atoms with van der Waals surface area (Å²) >= 11 is 0. The Bertz CT molecular complexity index is 900. The minimum absolute atomic E-state index is 0. The first-order valence-electron chi connectivity index (χ1n) is 10.3. The lowest BCUT2D eigenvalue weighted by Gasteiger charge is -2.32. The standard InChI is InChI=1S/C23H26F3N3O.2ClH/c1-28-10-12-29(13-11-28)22(30)15-27-21-14-19(21)17-8-6-16(7-9-17)18-4-2-3-5-20(18)23(24,25)26;;/h2-9,19,21,27H,10-15H2,1H3;2*1H/t19-,21+;;/m0../s1. The first-order valence-corrected chi connectivity index (χ1v) is 10.3. The van der Waals surface area contributed by atoms with Gasteiger partial charge in [0.15, 0.2) is 0 Å². The van der Waals surface area contributed by atoms with Gasteiger partial charge in [-0.25, -0.2) is 0 Å². The van der Waals surface area contributed by atoms with E-state index in [1.54, 1.807) is 18.2 Å². The number of hydrogen-bond donors (Lipinski definition) is 1. The fourth-order valence-electron chi connectivity index (χ4n) is 4.07. The van der Waals surface area contributed by atoms with Crippen molar-refractivity contribution in [3.8, 4) is 11.1 Å². The van der Waals surface area contributed by atoms with Crippen molar-refractivity contribution in [2.24, 2.45) is 0 Å². The number of amides is 1. The van der Waals surface area contributed by atoms with Crippen LogP contribution in [0.4, 0.5) is 13.2 Å². The van der Waals surface area contributed by atoms with Crippen LogP contribution in [0.5, 0.6) is 0 Å². The Balaban J connectivity index is 0.00000181. The molecule has 0 unspecified atom stereocenters. The third-order valence-corrected chi connectivity index (χ3v) is 6.04. The Morgan fingerprint density at radius 2 is 1.62 bits per heavy atom. The van der Waals surface area contributed by atoms with E-state index in [-0.39, 0.29) is 42.3 Å². The van der Waals surface area contributed by atoms with Crippen LogP contribution in [0.3, 0.4) is 0 Å². The summed E-state index contributed by atoms with van der Waals surface area (Å²) in [6.07, 6.45) is -3.44. The van der Waals surface area contributed by atoms with Crippen molar-refractivity contribution in [1.82, 2.24) is 15.1 Å². The van der Waals surface area contributed by atoms with Gasteiger partial charge in [0.05, 0.1) is 12.1 Å². The van der Waals surface area contributed by atoms with E-state index in [0.29, 0.717) is 18.0 Å². The largest absolute Gasteiger partial charge is 0.417 e. The van der Waals surface area contributed by atoms with Crippen LogP contribution in [0.15, 0.2) is 48.5 Å². The molecule has 2 aliphatic rings. The lowest BCUT2D eigenvalue weighted by atomic mass is 9.97. The first kappa shape index (κ1) is 26.5. The summed E-state index contributed by atoms with van der Waals surface area (Å²) < 4.78 is 39.8. The highest BCUT2D eigenvalue weighted by atomic mass is 35.5. The molecule has 0 bridgehead atoms. The average molecular weight is 490 g/mol. The number of rotatable bonds is 5. The average Bonchev–Trinajstić information content (AvgIpc) is 3.52. The molecule has 2 atom stereocenters. The van der Waals surface area contributed by atoms with Gasteiger partial charge in [-0.2, -0.15) is 13.2 Å². The third kappa shape index (κ3) is 6.16. The van der Waals surface area contributed by atoms with Crippen LogP contribution in [0, 0.1) is 0 Å². The highest BCUT2D eigenvalue weighted by Gasteiger charge is 2.38. The number of carbonyl (C=O) groups is 1. The SMILES string of the molecule is CN1CCN(C(=O)CN[C@@H]2C[C@H]2c2ccc(-c3ccccc3C(F)(F)F)cc2)CC1.Cl.Cl. The maximum Gasteiger partial charge on any atom is 0.417 e. The smallest absolute Gasteiger partial charge is 0.339 e. The zero-order valence-corrected chi connectivity index (χ0v) is 19.4. The van der Waals surface area contributed by atoms with Crippen LogP contribution in [0.2, 0.25) is 0 Å². The molecule has 2 aromatic rings. The molecule has 0 aromatic heterocycles. The fourth-order valence-corrected chi connectivity index (χ4v) is 4.07. The van der Waals surface area contributed by atoms with Gasteiger partial charge >= 0.3 is 6.18 Å². The van der Waals surface area contributed by atoms with E-state index < -0.39 is 11.7 Å². The predicted molar refractivity (Wildman–Crippen MR) is 125 cm³/mol. The summed E-state index contributed by atoms with van der Waals surface area (Å²) in [4.78, 5) is 16.5. The van der Waals surface area contributed by atoms with Crippen molar-refractivity contribution < 1.29 is 18.0 Å². The number of halogens is 5. The Morgan fingerprint density at radius 1 is 1.00 bits per heavy atom. The van der Waals surface area contributed by atoms with Crippen LogP contribution >= 0.6 is 24.8 Å². The van der Waals surface area contributed by atoms with Crippen molar-refractivity contribution in [2.45, 2.75) is 24.6 Å². The minimum atomic E-state index is -4.38. The van der Waals surface area contributed by atoms with Gasteiger partial charge in [-0.3, -0.25) is 4.79 Å². The fraction of sp³-hybridized carbons (Fsp3) is 0.435. The topological polar surface area (TPSA) is 35.6 Å². The van der Waals surface area contributed by atoms with E-state index in [1.165, 1.54) is 12.1 Å². The molecular formula is C23H28Cl2F3N3O. The molecule has 1 saturated carbocycles. The van der Waals surface area contributed by atoms with Crippen molar-refractivity contribution in [3.63, 3.8) is 0 Å². The van der Waals surface area contributed by atoms with Gasteiger partial charge in [0.1, 0.15) is 0 Å². The summed E-state index contributed by atoms with van der Waals surface area (Å²) in [5, 5.41) is 3.34. The number of piperazine rings is 1. The number of alkyl halides is 3. The zero-order chi connectivity index (χ0) is 21.3. The van der Waals surface area contributed by atoms with E-state index >= 15 is 0 Å². The van der Waals surface area contributed by atoms with Crippen LogP contribution in [0.1, 0.15) is 23.5 Å². The summed E-state index contributed by atoms with van der Waals surface area (Å²) in [7, 11) is 2.06. The number of likely N-dealkylation sites (N-methyl/N-ethyl adjacent to an activating group) is 1. The highest BCUT2D eigenvalue weighted by Crippen LogP contribution is 2.42. The maximum absolute atomic E-state index is 13.3. The molecule has 4 nitrogen and oxygen atoms in total. The number of nitrogens with one attached hydrogen (secondary N) is 1. The quantitative estimate of drug-likeness (QED) is 0.674. The van der Waals surface area contributed by atoms with Crippen molar-refractivity contribution in [3.05, 3.63) is 59.7 Å². The molecule has 0 radical (unpaired) electrons. The molecule has 1 aliphatic heterocycles. The van der Waals surface area contributed by atoms with Gasteiger partial charge in [0.2, 0.25) is 5.91 Å². The first-order chi connectivity index (χ1) is 14.3. The second kappa shape index (κ2) is 10.9. The molecule has 0 spiro atoms. The number of carbonyl (C=O) groups excluding carboxylic acids is 1. The van der Waals surface area contributed by atoms with E-state index in [0.717, 1.165) is 44.2 Å². The highest BCUT2D eigenvalue weighted by molar-refractivity contribution is 5.85. The minimum Gasteiger partial charge on any atom is -0.339 e. The zero-order valence-electron chi connectivity index (χ0n) is 17.8. The summed E-state index contributed by atoms with van der Waals surface area (Å²) in [6, 6.07) is 13.2. The molecule has 1 saturated heterocycles. The van der Waals surface area contributed by atoms with Crippen LogP contribution < -0.4 is 5.32 Å². The van der Waals surface area contributed by atoms with Crippen LogP contribution in [-0.2, 0) is 11.0 Å². The molecular weight excluding hydrogens is 462 g/mol. The van der Waals surface area contributed by atoms with Crippen molar-refractivity contribution >= 4 is 30.7 Å². The Labute approximate surface area is 199 Å². The van der Waals surface area contributed by atoms with E-state index in [9.17, 15) is 18.0 Å². The van der Waals surface area contributed by atoms with Crippen molar-refractivity contribution in [2.75, 3.05) is 39.8 Å². The summed E-state index contributed by atoms with van der Waals surface area (Å²) in [5.41, 5.74) is 1.22. The van der Waals surface area contributed by atoms with Crippen LogP contribution in [0.25, 0.3) is 11.1 Å². The molecule has 176 valence electrons. The molecule has 32 heavy (non-hydrogen) atoms. The second-order valence-electron chi connectivity index (χ2n) is 8.18. The maximum atomic E-state index is 13.3. The number of benzene rings is 2. The van der Waals surface area contributed by atoms with Gasteiger partial charge < -0.3 is 15.1 Å². The lowest BCUT2D eigenvalue weighted by molar-refractivity contribution is -0.137. The third-order valence-electron chi connectivity index (χ3n) is 6.04. The number of nitrogens with zero attached hydrogens (tertiary/aromatic N) is 2. The van der Waals surface area contributed by atoms with Gasteiger partial charge in [-0.15, -0.1) is 24.8 Å². The van der Waals surface area contributed by atoms with E-state index in [4.69, 9.17) is 0 Å². The molecule has 2 fully saturated rings. The molecule has 2 aromatic carbocycles. The van der Waals surface area contributed by atoms with Gasteiger partial charge in [-0.05, 0) is 36.2 Å². The monoisotopic (exact) mass is 489 g/mol. The normalized spacial score (nSPS) is 20.8. The Kier molecular flexibility index (Phi) is 8.99. The van der Waals surface area contributed by atoms with E-state index in [1.807, 2.05) is 17.0 Å². The van der Waals surface area contributed by atoms with Gasteiger partial charge in [0.25, 0.3) is 0 Å². The van der Waals surface area contributed by atoms with Crippen LogP contribution in [-0.4, -0.2) is 61.5 Å². The second-order valence-corrected chi connectivity index (χ2v) is 8.18. The lowest BCUT2D eigenvalue weighted by Crippen LogP contribution is -2.49. The molecule has 1 aliphatic carbocycles. The molecule has 1 heterocycles. The Hall–Kier alpha value is -1.80. The van der Waals surface area contributed by atoms with Crippen molar-refractivity contribution in [1.29, 1.82) is 0 Å². The number of hydrogen-bond acceptors (Lipinski definition) is 3. The molecule has 4 rings (SSSR count). The molecule has 1 amide bonds. The predicted octanol–water partition coefficient (Wildman–Crippen LogP) is 4.44. The Morgan fingerprint density at radius 3 is 2.25 bits per heavy atom. The summed E-state index contributed by atoms with van der Waals surface area (Å²) in [5.74, 6) is 0.435.